The number of alkyl halides is 1. The summed E-state index contributed by atoms with van der Waals surface area (Å²) in [7, 11) is -2.10. The lowest BCUT2D eigenvalue weighted by Crippen LogP contribution is -2.55. The van der Waals surface area contributed by atoms with Gasteiger partial charge in [-0.3, -0.25) is 0 Å². The second-order valence-corrected chi connectivity index (χ2v) is 14.4. The highest BCUT2D eigenvalue weighted by molar-refractivity contribution is 14.1. The average Bonchev–Trinajstić information content (AvgIpc) is 2.96. The van der Waals surface area contributed by atoms with Crippen molar-refractivity contribution < 1.29 is 28.5 Å². The molecule has 3 rings (SSSR count). The van der Waals surface area contributed by atoms with Crippen molar-refractivity contribution in [3.8, 4) is 0 Å². The molecule has 0 bridgehead atoms. The average molecular weight is 472 g/mol. The summed E-state index contributed by atoms with van der Waals surface area (Å²) in [5, 5.41) is 11.1. The Labute approximate surface area is 158 Å². The predicted octanol–water partition coefficient (Wildman–Crippen LogP) is 2.78. The van der Waals surface area contributed by atoms with Crippen molar-refractivity contribution in [2.24, 2.45) is 0 Å². The molecule has 0 aromatic heterocycles. The van der Waals surface area contributed by atoms with Crippen LogP contribution in [0.3, 0.4) is 0 Å². The van der Waals surface area contributed by atoms with Gasteiger partial charge in [-0.1, -0.05) is 43.4 Å². The lowest BCUT2D eigenvalue weighted by atomic mass is 10.1. The highest BCUT2D eigenvalue weighted by Crippen LogP contribution is 2.49. The van der Waals surface area contributed by atoms with E-state index in [-0.39, 0.29) is 23.4 Å². The normalized spacial score (nSPS) is 44.6. The van der Waals surface area contributed by atoms with Crippen LogP contribution in [0.2, 0.25) is 18.1 Å². The summed E-state index contributed by atoms with van der Waals surface area (Å²) in [5.41, 5.74) is 0. The van der Waals surface area contributed by atoms with Crippen LogP contribution in [0.4, 0.5) is 0 Å². The van der Waals surface area contributed by atoms with Gasteiger partial charge in [0.1, 0.15) is 24.4 Å². The molecule has 8 heteroatoms. The molecule has 1 unspecified atom stereocenters. The molecule has 0 amide bonds. The van der Waals surface area contributed by atoms with Crippen LogP contribution in [0.1, 0.15) is 34.6 Å². The van der Waals surface area contributed by atoms with Crippen LogP contribution in [0, 0.1) is 0 Å². The van der Waals surface area contributed by atoms with Gasteiger partial charge in [-0.05, 0) is 32.0 Å². The smallest absolute Gasteiger partial charge is 0.203 e. The maximum atomic E-state index is 11.0. The lowest BCUT2D eigenvalue weighted by Gasteiger charge is -2.42. The van der Waals surface area contributed by atoms with E-state index in [0.29, 0.717) is 4.43 Å². The number of halogens is 1. The Morgan fingerprint density at radius 3 is 2.25 bits per heavy atom. The van der Waals surface area contributed by atoms with E-state index >= 15 is 0 Å². The first-order chi connectivity index (χ1) is 10.8. The van der Waals surface area contributed by atoms with Crippen molar-refractivity contribution in [2.45, 2.75) is 95.0 Å². The Morgan fingerprint density at radius 1 is 1.08 bits per heavy atom. The molecule has 0 spiro atoms. The standard InChI is InChI=1S/C16H29IO6Si/c1-14(2,3)24(6,7)23-12-10-9(21-16(12,18)8-17)11-13(19-10)22-15(4,5)20-11/h9-13,18H,8H2,1-7H3/t9-,10-,11+,12-,13+,16?/m0/s1. The zero-order valence-corrected chi connectivity index (χ0v) is 18.6. The van der Waals surface area contributed by atoms with Gasteiger partial charge in [0.15, 0.2) is 20.4 Å². The van der Waals surface area contributed by atoms with E-state index in [4.69, 9.17) is 23.4 Å². The van der Waals surface area contributed by atoms with Crippen molar-refractivity contribution in [1.82, 2.24) is 0 Å². The van der Waals surface area contributed by atoms with Gasteiger partial charge >= 0.3 is 0 Å². The molecule has 6 atom stereocenters. The van der Waals surface area contributed by atoms with Gasteiger partial charge in [-0.2, -0.15) is 0 Å². The second-order valence-electron chi connectivity index (χ2n) is 8.93. The van der Waals surface area contributed by atoms with Crippen LogP contribution >= 0.6 is 22.6 Å². The van der Waals surface area contributed by atoms with E-state index in [9.17, 15) is 5.11 Å². The summed E-state index contributed by atoms with van der Waals surface area (Å²) < 4.78 is 30.8. The fourth-order valence-electron chi connectivity index (χ4n) is 3.20. The highest BCUT2D eigenvalue weighted by atomic mass is 127. The maximum Gasteiger partial charge on any atom is 0.203 e. The molecule has 3 aliphatic heterocycles. The molecule has 0 aromatic rings. The van der Waals surface area contributed by atoms with Crippen molar-refractivity contribution in [2.75, 3.05) is 4.43 Å². The van der Waals surface area contributed by atoms with Crippen LogP contribution in [0.25, 0.3) is 0 Å². The van der Waals surface area contributed by atoms with E-state index in [0.717, 1.165) is 0 Å². The van der Waals surface area contributed by atoms with Gasteiger partial charge in [0, 0.05) is 0 Å². The molecular formula is C16H29IO6Si. The first kappa shape index (κ1) is 19.5. The topological polar surface area (TPSA) is 66.4 Å². The molecule has 3 fully saturated rings. The molecule has 0 saturated carbocycles. The van der Waals surface area contributed by atoms with Gasteiger partial charge in [-0.15, -0.1) is 0 Å². The second kappa shape index (κ2) is 5.85. The first-order valence-electron chi connectivity index (χ1n) is 8.45. The number of hydrogen-bond donors (Lipinski definition) is 1. The van der Waals surface area contributed by atoms with E-state index in [2.05, 4.69) is 56.5 Å². The largest absolute Gasteiger partial charge is 0.406 e. The fraction of sp³-hybridized carbons (Fsp3) is 1.00. The lowest BCUT2D eigenvalue weighted by molar-refractivity contribution is -0.226. The zero-order chi connectivity index (χ0) is 18.1. The Hall–Kier alpha value is 0.707. The van der Waals surface area contributed by atoms with Crippen LogP contribution < -0.4 is 0 Å². The predicted molar refractivity (Wildman–Crippen MR) is 99.5 cm³/mol. The third kappa shape index (κ3) is 3.10. The monoisotopic (exact) mass is 472 g/mol. The molecule has 0 aromatic carbocycles. The Kier molecular flexibility index (Phi) is 4.75. The number of hydrogen-bond acceptors (Lipinski definition) is 6. The summed E-state index contributed by atoms with van der Waals surface area (Å²) >= 11 is 2.13. The number of rotatable bonds is 3. The maximum absolute atomic E-state index is 11.0. The molecule has 6 nitrogen and oxygen atoms in total. The SMILES string of the molecule is CC1(C)O[C@H]2O[C@H]3[C@H](OC(O)(CI)[C@H]3O[Si](C)(C)C(C)(C)C)[C@H]2O1. The van der Waals surface area contributed by atoms with E-state index in [1.807, 2.05) is 13.8 Å². The number of fused-ring (bicyclic) bond motifs is 3. The number of aliphatic hydroxyl groups is 1. The quantitative estimate of drug-likeness (QED) is 0.387. The van der Waals surface area contributed by atoms with Gasteiger partial charge < -0.3 is 28.5 Å². The molecule has 3 aliphatic rings. The molecule has 0 radical (unpaired) electrons. The molecule has 1 N–H and O–H groups in total. The zero-order valence-electron chi connectivity index (χ0n) is 15.5. The molecular weight excluding hydrogens is 443 g/mol. The van der Waals surface area contributed by atoms with Crippen molar-refractivity contribution in [1.29, 1.82) is 0 Å². The number of ether oxygens (including phenoxy) is 4. The third-order valence-corrected chi connectivity index (χ3v) is 11.1. The van der Waals surface area contributed by atoms with Gasteiger partial charge in [0.05, 0.1) is 4.43 Å². The molecule has 0 aliphatic carbocycles. The minimum absolute atomic E-state index is 0.0285. The Balaban J connectivity index is 1.84. The summed E-state index contributed by atoms with van der Waals surface area (Å²) in [4.78, 5) is 0. The molecule has 24 heavy (non-hydrogen) atoms. The minimum atomic E-state index is -2.10. The minimum Gasteiger partial charge on any atom is -0.406 e. The summed E-state index contributed by atoms with van der Waals surface area (Å²) in [5.74, 6) is -2.07. The first-order valence-corrected chi connectivity index (χ1v) is 12.9. The molecule has 3 saturated heterocycles. The van der Waals surface area contributed by atoms with Gasteiger partial charge in [-0.25, -0.2) is 0 Å². The Morgan fingerprint density at radius 2 is 1.71 bits per heavy atom. The van der Waals surface area contributed by atoms with Crippen LogP contribution in [-0.2, 0) is 23.4 Å². The van der Waals surface area contributed by atoms with Gasteiger partial charge in [0.2, 0.25) is 5.79 Å². The summed E-state index contributed by atoms with van der Waals surface area (Å²) in [6, 6.07) is 0. The highest BCUT2D eigenvalue weighted by Gasteiger charge is 2.67. The van der Waals surface area contributed by atoms with Crippen molar-refractivity contribution in [3.63, 3.8) is 0 Å². The van der Waals surface area contributed by atoms with Crippen LogP contribution in [-0.4, -0.2) is 60.1 Å². The van der Waals surface area contributed by atoms with Gasteiger partial charge in [0.25, 0.3) is 0 Å². The van der Waals surface area contributed by atoms with E-state index in [1.165, 1.54) is 0 Å². The van der Waals surface area contributed by atoms with Crippen LogP contribution in [0.5, 0.6) is 0 Å². The molecule has 140 valence electrons. The summed E-state index contributed by atoms with van der Waals surface area (Å²) in [6.45, 7) is 14.6. The summed E-state index contributed by atoms with van der Waals surface area (Å²) in [6.07, 6.45) is -2.12. The van der Waals surface area contributed by atoms with Crippen LogP contribution in [0.15, 0.2) is 0 Å². The van der Waals surface area contributed by atoms with Crippen molar-refractivity contribution >= 4 is 30.9 Å². The third-order valence-electron chi connectivity index (χ3n) is 5.53. The van der Waals surface area contributed by atoms with E-state index in [1.54, 1.807) is 0 Å². The van der Waals surface area contributed by atoms with E-state index < -0.39 is 32.3 Å². The fourth-order valence-corrected chi connectivity index (χ4v) is 5.12. The molecule has 3 heterocycles. The Bertz CT molecular complexity index is 507. The van der Waals surface area contributed by atoms with Crippen molar-refractivity contribution in [3.05, 3.63) is 0 Å².